The van der Waals surface area contributed by atoms with Crippen molar-refractivity contribution in [1.29, 1.82) is 0 Å². The number of oxazole rings is 2. The largest absolute Gasteiger partial charge is 0.480 e. The molecular weight excluding hydrogens is 729 g/mol. The molecule has 2 amide bonds. The third-order valence-electron chi connectivity index (χ3n) is 10.5. The molecule has 0 spiro atoms. The molecule has 0 aliphatic carbocycles. The molecule has 2 aromatic heterocycles. The van der Waals surface area contributed by atoms with E-state index in [9.17, 15) is 19.5 Å². The first-order valence-electron chi connectivity index (χ1n) is 19.9. The predicted octanol–water partition coefficient (Wildman–Crippen LogP) is 7.17. The molecule has 2 N–H and O–H groups in total. The maximum atomic E-state index is 13.6. The third-order valence-corrected chi connectivity index (χ3v) is 10.5. The maximum absolute atomic E-state index is 13.6. The van der Waals surface area contributed by atoms with Crippen LogP contribution in [0.4, 0.5) is 16.8 Å². The zero-order valence-electron chi connectivity index (χ0n) is 32.8. The number of anilines is 2. The Labute approximate surface area is 332 Å². The Morgan fingerprint density at radius 2 is 1.35 bits per heavy atom. The minimum atomic E-state index is -0.808. The number of benzene rings is 3. The highest BCUT2D eigenvalue weighted by Gasteiger charge is 2.40. The lowest BCUT2D eigenvalue weighted by Crippen LogP contribution is -2.52. The number of nitrogens with zero attached hydrogens (tertiary/aromatic N) is 5. The van der Waals surface area contributed by atoms with E-state index in [1.54, 1.807) is 9.80 Å². The molecule has 5 aromatic rings. The number of likely N-dealkylation sites (tertiary alicyclic amines) is 1. The fourth-order valence-electron chi connectivity index (χ4n) is 7.72. The van der Waals surface area contributed by atoms with Crippen LogP contribution in [0.1, 0.15) is 71.3 Å². The molecule has 302 valence electrons. The number of aliphatic carboxylic acids is 1. The Balaban J connectivity index is 0.000000229. The van der Waals surface area contributed by atoms with Gasteiger partial charge in [0.05, 0.1) is 19.3 Å². The molecule has 3 aliphatic rings. The molecule has 0 saturated carbocycles. The highest BCUT2D eigenvalue weighted by Crippen LogP contribution is 2.30. The fourth-order valence-corrected chi connectivity index (χ4v) is 7.72. The molecular formula is C43H52N6O8. The van der Waals surface area contributed by atoms with Crippen LogP contribution in [0.5, 0.6) is 0 Å². The van der Waals surface area contributed by atoms with Crippen molar-refractivity contribution in [2.24, 2.45) is 0 Å². The van der Waals surface area contributed by atoms with E-state index in [0.717, 1.165) is 48.7 Å². The highest BCUT2D eigenvalue weighted by atomic mass is 16.6. The van der Waals surface area contributed by atoms with Gasteiger partial charge in [0.25, 0.3) is 12.0 Å². The van der Waals surface area contributed by atoms with Gasteiger partial charge in [0.1, 0.15) is 28.7 Å². The van der Waals surface area contributed by atoms with Crippen molar-refractivity contribution in [2.45, 2.75) is 102 Å². The van der Waals surface area contributed by atoms with E-state index in [0.29, 0.717) is 68.9 Å². The maximum Gasteiger partial charge on any atom is 0.410 e. The molecule has 3 saturated heterocycles. The number of aromatic nitrogens is 2. The summed E-state index contributed by atoms with van der Waals surface area (Å²) in [5, 5.41) is 12.4. The molecule has 3 aliphatic heterocycles. The van der Waals surface area contributed by atoms with Gasteiger partial charge in [-0.3, -0.25) is 4.79 Å². The second kappa shape index (κ2) is 17.7. The number of carbonyl (C=O) groups excluding carboxylic acids is 2. The number of para-hydroxylation sites is 4. The molecule has 3 fully saturated rings. The number of nitrogens with one attached hydrogen (secondary N) is 1. The van der Waals surface area contributed by atoms with Crippen LogP contribution in [0, 0.1) is 0 Å². The molecule has 8 rings (SSSR count). The average Bonchev–Trinajstić information content (AvgIpc) is 3.95. The van der Waals surface area contributed by atoms with Crippen LogP contribution in [0.2, 0.25) is 0 Å². The molecule has 0 unspecified atom stereocenters. The number of ether oxygens (including phenoxy) is 2. The summed E-state index contributed by atoms with van der Waals surface area (Å²) in [4.78, 5) is 52.3. The lowest BCUT2D eigenvalue weighted by Gasteiger charge is -2.34. The zero-order chi connectivity index (χ0) is 39.9. The van der Waals surface area contributed by atoms with Crippen molar-refractivity contribution >= 4 is 52.2 Å². The molecule has 3 aromatic carbocycles. The number of rotatable bonds is 9. The monoisotopic (exact) mass is 780 g/mol. The number of carbonyl (C=O) groups is 3. The molecule has 14 nitrogen and oxygen atoms in total. The summed E-state index contributed by atoms with van der Waals surface area (Å²) in [7, 11) is 0. The minimum absolute atomic E-state index is 0.0723. The number of carboxylic acids is 1. The summed E-state index contributed by atoms with van der Waals surface area (Å²) >= 11 is 0. The standard InChI is InChI=1S/C30H38N4O5.C13H14N2O3/c1-30(2,3)39-29(36)34-18-22(17-23(34)20-37-19-21-11-5-4-6-12-21)31-27(35)25-14-9-10-16-33(25)28-32-24-13-7-8-15-26(24)38-28;16-12(17)10-6-3-4-8-15(10)13-14-9-5-1-2-7-11(9)18-13/h4-8,11-13,15,22-23,25H,9-10,14,16-20H2,1-3H3,(H,31,35);1-2,5,7,10H,3-4,6,8H2,(H,16,17)/t22-,23+,25+;10-/m10/s1. The van der Waals surface area contributed by atoms with Gasteiger partial charge in [-0.15, -0.1) is 0 Å². The van der Waals surface area contributed by atoms with Crippen LogP contribution in [-0.2, 0) is 25.7 Å². The van der Waals surface area contributed by atoms with E-state index in [4.69, 9.17) is 18.3 Å². The molecule has 5 heterocycles. The molecule has 14 heteroatoms. The van der Waals surface area contributed by atoms with E-state index in [-0.39, 0.29) is 24.0 Å². The Hall–Kier alpha value is -5.63. The first-order valence-corrected chi connectivity index (χ1v) is 19.9. The van der Waals surface area contributed by atoms with E-state index in [1.165, 1.54) is 0 Å². The third kappa shape index (κ3) is 9.85. The summed E-state index contributed by atoms with van der Waals surface area (Å²) in [6.07, 6.45) is 5.41. The second-order valence-electron chi connectivity index (χ2n) is 15.9. The van der Waals surface area contributed by atoms with Crippen LogP contribution in [0.25, 0.3) is 22.2 Å². The Morgan fingerprint density at radius 3 is 1.93 bits per heavy atom. The van der Waals surface area contributed by atoms with Crippen molar-refractivity contribution in [1.82, 2.24) is 20.2 Å². The molecule has 0 bridgehead atoms. The average molecular weight is 781 g/mol. The van der Waals surface area contributed by atoms with Crippen LogP contribution in [0.15, 0.2) is 87.7 Å². The summed E-state index contributed by atoms with van der Waals surface area (Å²) in [6, 6.07) is 24.6. The van der Waals surface area contributed by atoms with Gasteiger partial charge < -0.3 is 43.4 Å². The van der Waals surface area contributed by atoms with Crippen LogP contribution < -0.4 is 15.1 Å². The number of amides is 2. The number of hydrogen-bond acceptors (Lipinski definition) is 11. The van der Waals surface area contributed by atoms with Crippen LogP contribution >= 0.6 is 0 Å². The molecule has 4 atom stereocenters. The minimum Gasteiger partial charge on any atom is -0.480 e. The van der Waals surface area contributed by atoms with Gasteiger partial charge in [0.15, 0.2) is 11.2 Å². The Bertz CT molecular complexity index is 2060. The van der Waals surface area contributed by atoms with E-state index in [2.05, 4.69) is 15.3 Å². The SMILES string of the molecule is CC(C)(C)OC(=O)N1C[C@H](NC(=O)[C@@H]2CCCCN2c2nc3ccccc3o2)C[C@H]1COCc1ccccc1.O=C(O)[C@@H]1CCCCN1c1nc2ccccc2o1. The smallest absolute Gasteiger partial charge is 0.410 e. The highest BCUT2D eigenvalue weighted by molar-refractivity contribution is 5.86. The number of fused-ring (bicyclic) bond motifs is 2. The number of piperidine rings is 2. The number of hydrogen-bond donors (Lipinski definition) is 2. The van der Waals surface area contributed by atoms with Crippen molar-refractivity contribution in [3.8, 4) is 0 Å². The first-order chi connectivity index (χ1) is 27.5. The predicted molar refractivity (Wildman–Crippen MR) is 215 cm³/mol. The van der Waals surface area contributed by atoms with Gasteiger partial charge in [-0.05, 0) is 95.5 Å². The molecule has 57 heavy (non-hydrogen) atoms. The normalized spacial score (nSPS) is 21.3. The number of carboxylic acid groups (broad SMARTS) is 1. The second-order valence-corrected chi connectivity index (χ2v) is 15.9. The van der Waals surface area contributed by atoms with Gasteiger partial charge >= 0.3 is 12.1 Å². The zero-order valence-corrected chi connectivity index (χ0v) is 32.8. The summed E-state index contributed by atoms with van der Waals surface area (Å²) < 4.78 is 23.3. The Morgan fingerprint density at radius 1 is 0.789 bits per heavy atom. The van der Waals surface area contributed by atoms with Crippen molar-refractivity contribution in [3.05, 3.63) is 84.4 Å². The summed E-state index contributed by atoms with van der Waals surface area (Å²) in [6.45, 7) is 8.13. The first kappa shape index (κ1) is 39.6. The summed E-state index contributed by atoms with van der Waals surface area (Å²) in [5.41, 5.74) is 3.40. The molecule has 0 radical (unpaired) electrons. The van der Waals surface area contributed by atoms with E-state index in [1.807, 2.05) is 105 Å². The van der Waals surface area contributed by atoms with Gasteiger partial charge in [-0.2, -0.15) is 9.97 Å². The van der Waals surface area contributed by atoms with Gasteiger partial charge in [0.2, 0.25) is 5.91 Å². The fraction of sp³-hybridized carbons (Fsp3) is 0.465. The van der Waals surface area contributed by atoms with Crippen molar-refractivity contribution in [2.75, 3.05) is 36.0 Å². The van der Waals surface area contributed by atoms with Crippen LogP contribution in [-0.4, -0.2) is 94.0 Å². The lowest BCUT2D eigenvalue weighted by atomic mass is 10.0. The summed E-state index contributed by atoms with van der Waals surface area (Å²) in [5.74, 6) is -0.881. The van der Waals surface area contributed by atoms with E-state index < -0.39 is 23.7 Å². The topological polar surface area (TPSA) is 164 Å². The van der Waals surface area contributed by atoms with Crippen molar-refractivity contribution < 1.29 is 37.8 Å². The van der Waals surface area contributed by atoms with Gasteiger partial charge in [-0.1, -0.05) is 54.6 Å². The van der Waals surface area contributed by atoms with Crippen LogP contribution in [0.3, 0.4) is 0 Å². The lowest BCUT2D eigenvalue weighted by molar-refractivity contribution is -0.139. The van der Waals surface area contributed by atoms with Crippen molar-refractivity contribution in [3.63, 3.8) is 0 Å². The Kier molecular flexibility index (Phi) is 12.3. The quantitative estimate of drug-likeness (QED) is 0.155. The van der Waals surface area contributed by atoms with Gasteiger partial charge in [0, 0.05) is 25.7 Å². The van der Waals surface area contributed by atoms with E-state index >= 15 is 0 Å². The van der Waals surface area contributed by atoms with Gasteiger partial charge in [-0.25, -0.2) is 9.59 Å².